The van der Waals surface area contributed by atoms with E-state index in [2.05, 4.69) is 9.88 Å². The standard InChI is InChI=1S/C14H23N3O2S/c1-3-18-10-8-17(9-11-19-4-2)12-6-5-7-16-13(12)14(15)20/h5-7H,3-4,8-11H2,1-2H3,(H2,15,20). The highest BCUT2D eigenvalue weighted by molar-refractivity contribution is 7.80. The van der Waals surface area contributed by atoms with Crippen LogP contribution >= 0.6 is 12.2 Å². The summed E-state index contributed by atoms with van der Waals surface area (Å²) in [4.78, 5) is 6.72. The number of pyridine rings is 1. The molecule has 1 rings (SSSR count). The molecule has 5 nitrogen and oxygen atoms in total. The number of nitrogens with two attached hydrogens (primary N) is 1. The average Bonchev–Trinajstić information content (AvgIpc) is 2.46. The summed E-state index contributed by atoms with van der Waals surface area (Å²) in [5, 5.41) is 0. The van der Waals surface area contributed by atoms with Crippen LogP contribution in [-0.4, -0.2) is 49.5 Å². The highest BCUT2D eigenvalue weighted by Crippen LogP contribution is 2.18. The van der Waals surface area contributed by atoms with Crippen molar-refractivity contribution in [3.05, 3.63) is 24.0 Å². The molecule has 0 aliphatic carbocycles. The summed E-state index contributed by atoms with van der Waals surface area (Å²) in [6.07, 6.45) is 1.70. The summed E-state index contributed by atoms with van der Waals surface area (Å²) in [5.74, 6) is 0. The first-order valence-corrected chi connectivity index (χ1v) is 7.26. The lowest BCUT2D eigenvalue weighted by Gasteiger charge is -2.26. The summed E-state index contributed by atoms with van der Waals surface area (Å²) in [7, 11) is 0. The minimum atomic E-state index is 0.304. The van der Waals surface area contributed by atoms with Gasteiger partial charge in [0.2, 0.25) is 0 Å². The first-order valence-electron chi connectivity index (χ1n) is 6.85. The highest BCUT2D eigenvalue weighted by Gasteiger charge is 2.13. The van der Waals surface area contributed by atoms with Crippen molar-refractivity contribution in [2.24, 2.45) is 5.73 Å². The van der Waals surface area contributed by atoms with Gasteiger partial charge in [-0.05, 0) is 26.0 Å². The minimum absolute atomic E-state index is 0.304. The summed E-state index contributed by atoms with van der Waals surface area (Å²) >= 11 is 5.07. The van der Waals surface area contributed by atoms with Crippen molar-refractivity contribution >= 4 is 22.9 Å². The first-order chi connectivity index (χ1) is 9.70. The van der Waals surface area contributed by atoms with Crippen LogP contribution in [0.5, 0.6) is 0 Å². The zero-order valence-corrected chi connectivity index (χ0v) is 13.0. The lowest BCUT2D eigenvalue weighted by Crippen LogP contribution is -2.33. The van der Waals surface area contributed by atoms with Gasteiger partial charge in [0.1, 0.15) is 10.7 Å². The SMILES string of the molecule is CCOCCN(CCOCC)c1cccnc1C(N)=S. The molecule has 1 aromatic rings. The number of thiocarbonyl (C=S) groups is 1. The van der Waals surface area contributed by atoms with E-state index in [9.17, 15) is 0 Å². The van der Waals surface area contributed by atoms with E-state index in [0.29, 0.717) is 37.1 Å². The fourth-order valence-corrected chi connectivity index (χ4v) is 1.99. The second kappa shape index (κ2) is 9.63. The Morgan fingerprint density at radius 1 is 1.25 bits per heavy atom. The van der Waals surface area contributed by atoms with Crippen molar-refractivity contribution in [1.82, 2.24) is 4.98 Å². The van der Waals surface area contributed by atoms with E-state index in [0.717, 1.165) is 18.8 Å². The van der Waals surface area contributed by atoms with Gasteiger partial charge in [-0.15, -0.1) is 0 Å². The molecule has 20 heavy (non-hydrogen) atoms. The second-order valence-electron chi connectivity index (χ2n) is 4.12. The molecule has 1 heterocycles. The fraction of sp³-hybridized carbons (Fsp3) is 0.571. The Hall–Kier alpha value is -1.24. The Balaban J connectivity index is 2.81. The second-order valence-corrected chi connectivity index (χ2v) is 4.56. The smallest absolute Gasteiger partial charge is 0.124 e. The maximum Gasteiger partial charge on any atom is 0.124 e. The molecule has 0 spiro atoms. The number of aromatic nitrogens is 1. The van der Waals surface area contributed by atoms with Gasteiger partial charge in [0.05, 0.1) is 18.9 Å². The summed E-state index contributed by atoms with van der Waals surface area (Å²) < 4.78 is 10.9. The largest absolute Gasteiger partial charge is 0.388 e. The van der Waals surface area contributed by atoms with Crippen LogP contribution in [-0.2, 0) is 9.47 Å². The van der Waals surface area contributed by atoms with E-state index >= 15 is 0 Å². The van der Waals surface area contributed by atoms with E-state index in [1.165, 1.54) is 0 Å². The van der Waals surface area contributed by atoms with Crippen molar-refractivity contribution < 1.29 is 9.47 Å². The predicted octanol–water partition coefficient (Wildman–Crippen LogP) is 1.60. The molecular formula is C14H23N3O2S. The molecule has 112 valence electrons. The van der Waals surface area contributed by atoms with Gasteiger partial charge in [-0.2, -0.15) is 0 Å². The minimum Gasteiger partial charge on any atom is -0.388 e. The number of ether oxygens (including phenoxy) is 2. The Kier molecular flexibility index (Phi) is 8.10. The van der Waals surface area contributed by atoms with Gasteiger partial charge in [-0.25, -0.2) is 0 Å². The fourth-order valence-electron chi connectivity index (χ4n) is 1.83. The molecule has 2 N–H and O–H groups in total. The van der Waals surface area contributed by atoms with E-state index in [1.807, 2.05) is 26.0 Å². The van der Waals surface area contributed by atoms with Crippen LogP contribution in [0.4, 0.5) is 5.69 Å². The zero-order valence-electron chi connectivity index (χ0n) is 12.2. The molecule has 0 saturated heterocycles. The molecule has 0 aliphatic rings. The van der Waals surface area contributed by atoms with Gasteiger partial charge >= 0.3 is 0 Å². The molecule has 6 heteroatoms. The zero-order chi connectivity index (χ0) is 14.8. The van der Waals surface area contributed by atoms with Crippen LogP contribution in [0.1, 0.15) is 19.5 Å². The van der Waals surface area contributed by atoms with Gasteiger partial charge in [-0.1, -0.05) is 12.2 Å². The molecule has 0 aromatic carbocycles. The third-order valence-corrected chi connectivity index (χ3v) is 2.97. The Labute approximate surface area is 126 Å². The van der Waals surface area contributed by atoms with E-state index in [1.54, 1.807) is 6.20 Å². The summed E-state index contributed by atoms with van der Waals surface area (Å²) in [6, 6.07) is 3.85. The number of anilines is 1. The summed E-state index contributed by atoms with van der Waals surface area (Å²) in [6.45, 7) is 8.17. The van der Waals surface area contributed by atoms with E-state index in [-0.39, 0.29) is 0 Å². The van der Waals surface area contributed by atoms with Gasteiger partial charge in [0, 0.05) is 32.5 Å². The highest BCUT2D eigenvalue weighted by atomic mass is 32.1. The van der Waals surface area contributed by atoms with Gasteiger partial charge in [-0.3, -0.25) is 4.98 Å². The van der Waals surface area contributed by atoms with Crippen molar-refractivity contribution in [3.63, 3.8) is 0 Å². The maximum absolute atomic E-state index is 5.74. The monoisotopic (exact) mass is 297 g/mol. The Morgan fingerprint density at radius 2 is 1.85 bits per heavy atom. The topological polar surface area (TPSA) is 60.6 Å². The molecule has 0 radical (unpaired) electrons. The molecule has 0 saturated carbocycles. The molecule has 0 unspecified atom stereocenters. The van der Waals surface area contributed by atoms with Crippen molar-refractivity contribution in [1.29, 1.82) is 0 Å². The van der Waals surface area contributed by atoms with Crippen molar-refractivity contribution in [2.75, 3.05) is 44.4 Å². The van der Waals surface area contributed by atoms with Crippen LogP contribution in [0.3, 0.4) is 0 Å². The molecule has 0 bridgehead atoms. The molecule has 1 aromatic heterocycles. The van der Waals surface area contributed by atoms with Crippen LogP contribution < -0.4 is 10.6 Å². The lowest BCUT2D eigenvalue weighted by molar-refractivity contribution is 0.141. The summed E-state index contributed by atoms with van der Waals surface area (Å²) in [5.41, 5.74) is 7.32. The third kappa shape index (κ3) is 5.40. The molecule has 0 fully saturated rings. The maximum atomic E-state index is 5.74. The number of nitrogens with zero attached hydrogens (tertiary/aromatic N) is 2. The lowest BCUT2D eigenvalue weighted by atomic mass is 10.2. The van der Waals surface area contributed by atoms with Crippen LogP contribution in [0.2, 0.25) is 0 Å². The van der Waals surface area contributed by atoms with Crippen molar-refractivity contribution in [3.8, 4) is 0 Å². The third-order valence-electron chi connectivity index (χ3n) is 2.78. The van der Waals surface area contributed by atoms with E-state index in [4.69, 9.17) is 27.4 Å². The van der Waals surface area contributed by atoms with Crippen LogP contribution in [0.25, 0.3) is 0 Å². The van der Waals surface area contributed by atoms with Crippen LogP contribution in [0, 0.1) is 0 Å². The molecular weight excluding hydrogens is 274 g/mol. The van der Waals surface area contributed by atoms with Crippen molar-refractivity contribution in [2.45, 2.75) is 13.8 Å². The Morgan fingerprint density at radius 3 is 2.35 bits per heavy atom. The van der Waals surface area contributed by atoms with Gasteiger partial charge in [0.25, 0.3) is 0 Å². The predicted molar refractivity (Wildman–Crippen MR) is 85.3 cm³/mol. The average molecular weight is 297 g/mol. The molecule has 0 aliphatic heterocycles. The Bertz CT molecular complexity index is 405. The van der Waals surface area contributed by atoms with Crippen LogP contribution in [0.15, 0.2) is 18.3 Å². The number of rotatable bonds is 10. The number of hydrogen-bond acceptors (Lipinski definition) is 5. The van der Waals surface area contributed by atoms with Gasteiger partial charge in [0.15, 0.2) is 0 Å². The van der Waals surface area contributed by atoms with E-state index < -0.39 is 0 Å². The molecule has 0 amide bonds. The van der Waals surface area contributed by atoms with Gasteiger partial charge < -0.3 is 20.1 Å². The quantitative estimate of drug-likeness (QED) is 0.523. The molecule has 0 atom stereocenters. The first kappa shape index (κ1) is 16.8. The number of hydrogen-bond donors (Lipinski definition) is 1. The normalized spacial score (nSPS) is 10.5.